The average molecular weight is 355 g/mol. The van der Waals surface area contributed by atoms with Gasteiger partial charge in [-0.05, 0) is 32.6 Å². The van der Waals surface area contributed by atoms with E-state index in [9.17, 15) is 4.79 Å². The van der Waals surface area contributed by atoms with Gasteiger partial charge in [-0.15, -0.1) is 0 Å². The summed E-state index contributed by atoms with van der Waals surface area (Å²) in [5.74, 6) is 2.25. The fourth-order valence-corrected chi connectivity index (χ4v) is 4.63. The lowest BCUT2D eigenvalue weighted by Gasteiger charge is -2.32. The Kier molecular flexibility index (Phi) is 5.09. The highest BCUT2D eigenvalue weighted by atomic mass is 16.2. The van der Waals surface area contributed by atoms with Crippen molar-refractivity contribution in [3.63, 3.8) is 0 Å². The molecular formula is C20H29N5O. The smallest absolute Gasteiger partial charge is 0.257 e. The van der Waals surface area contributed by atoms with E-state index >= 15 is 0 Å². The van der Waals surface area contributed by atoms with Crippen molar-refractivity contribution < 1.29 is 4.79 Å². The van der Waals surface area contributed by atoms with Crippen LogP contribution in [0.25, 0.3) is 0 Å². The summed E-state index contributed by atoms with van der Waals surface area (Å²) in [6.45, 7) is 4.70. The Balaban J connectivity index is 1.42. The Morgan fingerprint density at radius 2 is 1.92 bits per heavy atom. The number of hydrogen-bond donors (Lipinski definition) is 1. The summed E-state index contributed by atoms with van der Waals surface area (Å²) in [5.41, 5.74) is 1.86. The molecule has 3 heterocycles. The molecule has 2 aromatic heterocycles. The van der Waals surface area contributed by atoms with Crippen LogP contribution in [0, 0.1) is 0 Å². The summed E-state index contributed by atoms with van der Waals surface area (Å²) < 4.78 is 2.22. The van der Waals surface area contributed by atoms with Gasteiger partial charge in [0.05, 0.1) is 17.5 Å². The van der Waals surface area contributed by atoms with E-state index in [-0.39, 0.29) is 5.91 Å². The maximum atomic E-state index is 13.1. The number of aryl methyl sites for hydroxylation is 1. The molecule has 26 heavy (non-hydrogen) atoms. The number of nitrogens with zero attached hydrogens (tertiary/aromatic N) is 4. The number of likely N-dealkylation sites (tertiary alicyclic amines) is 1. The molecule has 1 aliphatic heterocycles. The molecule has 2 aliphatic rings. The van der Waals surface area contributed by atoms with Crippen molar-refractivity contribution in [2.45, 2.75) is 70.3 Å². The van der Waals surface area contributed by atoms with Gasteiger partial charge in [0.15, 0.2) is 0 Å². The zero-order valence-electron chi connectivity index (χ0n) is 15.7. The van der Waals surface area contributed by atoms with Crippen LogP contribution in [0.3, 0.4) is 0 Å². The molecule has 0 radical (unpaired) electrons. The lowest BCUT2D eigenvalue weighted by atomic mass is 9.85. The first-order chi connectivity index (χ1) is 12.8. The first kappa shape index (κ1) is 17.3. The van der Waals surface area contributed by atoms with Gasteiger partial charge >= 0.3 is 0 Å². The molecule has 6 nitrogen and oxygen atoms in total. The van der Waals surface area contributed by atoms with E-state index in [1.807, 2.05) is 11.1 Å². The topological polar surface area (TPSA) is 66.8 Å². The standard InChI is InChI=1S/C20H29N5O/c1-2-24-13-10-21-19(24)16-8-11-25(12-9-16)20(26)17-14-22-23-18(17)15-6-4-3-5-7-15/h10,13-16H,2-9,11-12H2,1H3,(H,22,23). The number of carbonyl (C=O) groups is 1. The summed E-state index contributed by atoms with van der Waals surface area (Å²) in [6.07, 6.45) is 13.8. The second-order valence-electron chi connectivity index (χ2n) is 7.67. The van der Waals surface area contributed by atoms with Gasteiger partial charge in [-0.3, -0.25) is 9.89 Å². The number of H-pyrrole nitrogens is 1. The summed E-state index contributed by atoms with van der Waals surface area (Å²) in [5, 5.41) is 7.34. The first-order valence-electron chi connectivity index (χ1n) is 10.1. The predicted octanol–water partition coefficient (Wildman–Crippen LogP) is 3.69. The van der Waals surface area contributed by atoms with E-state index in [0.29, 0.717) is 11.8 Å². The van der Waals surface area contributed by atoms with E-state index in [0.717, 1.165) is 43.7 Å². The van der Waals surface area contributed by atoms with Gasteiger partial charge in [0.1, 0.15) is 5.82 Å². The van der Waals surface area contributed by atoms with Crippen molar-refractivity contribution in [3.05, 3.63) is 35.7 Å². The average Bonchev–Trinajstić information content (AvgIpc) is 3.37. The molecule has 0 unspecified atom stereocenters. The van der Waals surface area contributed by atoms with Gasteiger partial charge in [0.2, 0.25) is 0 Å². The predicted molar refractivity (Wildman–Crippen MR) is 100 cm³/mol. The van der Waals surface area contributed by atoms with Crippen molar-refractivity contribution in [2.24, 2.45) is 0 Å². The molecule has 0 aromatic carbocycles. The zero-order valence-corrected chi connectivity index (χ0v) is 15.7. The van der Waals surface area contributed by atoms with Crippen LogP contribution in [0.1, 0.15) is 85.6 Å². The number of carbonyl (C=O) groups excluding carboxylic acids is 1. The van der Waals surface area contributed by atoms with E-state index in [1.165, 1.54) is 37.9 Å². The number of imidazole rings is 1. The van der Waals surface area contributed by atoms with Crippen molar-refractivity contribution >= 4 is 5.91 Å². The van der Waals surface area contributed by atoms with Gasteiger partial charge in [-0.25, -0.2) is 4.98 Å². The van der Waals surface area contributed by atoms with Gasteiger partial charge in [0.25, 0.3) is 5.91 Å². The van der Waals surface area contributed by atoms with Crippen molar-refractivity contribution in [1.29, 1.82) is 0 Å². The maximum absolute atomic E-state index is 13.1. The van der Waals surface area contributed by atoms with Crippen molar-refractivity contribution in [1.82, 2.24) is 24.6 Å². The highest BCUT2D eigenvalue weighted by Crippen LogP contribution is 2.34. The fourth-order valence-electron chi connectivity index (χ4n) is 4.63. The lowest BCUT2D eigenvalue weighted by molar-refractivity contribution is 0.0708. The Labute approximate surface area is 155 Å². The minimum Gasteiger partial charge on any atom is -0.338 e. The molecule has 0 spiro atoms. The third-order valence-corrected chi connectivity index (χ3v) is 6.15. The molecule has 1 N–H and O–H groups in total. The second-order valence-corrected chi connectivity index (χ2v) is 7.67. The molecule has 1 saturated carbocycles. The van der Waals surface area contributed by atoms with Crippen LogP contribution in [-0.4, -0.2) is 43.6 Å². The third kappa shape index (κ3) is 3.29. The summed E-state index contributed by atoms with van der Waals surface area (Å²) in [6, 6.07) is 0. The molecule has 6 heteroatoms. The molecule has 0 atom stereocenters. The highest BCUT2D eigenvalue weighted by molar-refractivity contribution is 5.95. The normalized spacial score (nSPS) is 19.8. The number of nitrogens with one attached hydrogen (secondary N) is 1. The number of rotatable bonds is 4. The Morgan fingerprint density at radius 3 is 2.65 bits per heavy atom. The molecule has 4 rings (SSSR count). The summed E-state index contributed by atoms with van der Waals surface area (Å²) in [7, 11) is 0. The number of aromatic amines is 1. The monoisotopic (exact) mass is 355 g/mol. The van der Waals surface area contributed by atoms with Crippen LogP contribution in [0.5, 0.6) is 0 Å². The molecule has 1 aliphatic carbocycles. The molecule has 2 aromatic rings. The number of amides is 1. The summed E-state index contributed by atoms with van der Waals surface area (Å²) >= 11 is 0. The molecule has 0 bridgehead atoms. The highest BCUT2D eigenvalue weighted by Gasteiger charge is 2.30. The SMILES string of the molecule is CCn1ccnc1C1CCN(C(=O)c2cn[nH]c2C2CCCCC2)CC1. The van der Waals surface area contributed by atoms with Crippen LogP contribution in [0.4, 0.5) is 0 Å². The lowest BCUT2D eigenvalue weighted by Crippen LogP contribution is -2.38. The Hall–Kier alpha value is -2.11. The van der Waals surface area contributed by atoms with E-state index in [4.69, 9.17) is 0 Å². The van der Waals surface area contributed by atoms with Crippen LogP contribution in [0.2, 0.25) is 0 Å². The van der Waals surface area contributed by atoms with E-state index < -0.39 is 0 Å². The van der Waals surface area contributed by atoms with Gasteiger partial charge < -0.3 is 9.47 Å². The summed E-state index contributed by atoms with van der Waals surface area (Å²) in [4.78, 5) is 19.6. The van der Waals surface area contributed by atoms with Crippen molar-refractivity contribution in [3.8, 4) is 0 Å². The van der Waals surface area contributed by atoms with Crippen LogP contribution in [0.15, 0.2) is 18.6 Å². The minimum atomic E-state index is 0.150. The molecule has 1 saturated heterocycles. The Bertz CT molecular complexity index is 735. The number of piperidine rings is 1. The number of aromatic nitrogens is 4. The third-order valence-electron chi connectivity index (χ3n) is 6.15. The van der Waals surface area contributed by atoms with Crippen LogP contribution in [-0.2, 0) is 6.54 Å². The van der Waals surface area contributed by atoms with Gasteiger partial charge in [-0.2, -0.15) is 5.10 Å². The molecule has 1 amide bonds. The molecule has 2 fully saturated rings. The van der Waals surface area contributed by atoms with Crippen LogP contribution < -0.4 is 0 Å². The largest absolute Gasteiger partial charge is 0.338 e. The first-order valence-corrected chi connectivity index (χ1v) is 10.1. The molecule has 140 valence electrons. The number of hydrogen-bond acceptors (Lipinski definition) is 3. The Morgan fingerprint density at radius 1 is 1.15 bits per heavy atom. The minimum absolute atomic E-state index is 0.150. The van der Waals surface area contributed by atoms with Crippen LogP contribution >= 0.6 is 0 Å². The quantitative estimate of drug-likeness (QED) is 0.909. The second kappa shape index (κ2) is 7.64. The zero-order chi connectivity index (χ0) is 17.9. The molecular weight excluding hydrogens is 326 g/mol. The fraction of sp³-hybridized carbons (Fsp3) is 0.650. The van der Waals surface area contributed by atoms with E-state index in [2.05, 4.69) is 32.9 Å². The van der Waals surface area contributed by atoms with Crippen molar-refractivity contribution in [2.75, 3.05) is 13.1 Å². The van der Waals surface area contributed by atoms with Gasteiger partial charge in [-0.1, -0.05) is 19.3 Å². The maximum Gasteiger partial charge on any atom is 0.257 e. The van der Waals surface area contributed by atoms with Gasteiger partial charge in [0, 0.05) is 43.9 Å². The van der Waals surface area contributed by atoms with E-state index in [1.54, 1.807) is 6.20 Å².